The van der Waals surface area contributed by atoms with Crippen molar-refractivity contribution in [2.24, 2.45) is 0 Å². The summed E-state index contributed by atoms with van der Waals surface area (Å²) in [4.78, 5) is 4.01. The van der Waals surface area contributed by atoms with E-state index in [0.29, 0.717) is 0 Å². The number of hydrogen-bond donors (Lipinski definition) is 1. The molecule has 0 saturated heterocycles. The second kappa shape index (κ2) is 3.36. The van der Waals surface area contributed by atoms with Crippen LogP contribution in [0, 0.1) is 0 Å². The first-order chi connectivity index (χ1) is 5.95. The summed E-state index contributed by atoms with van der Waals surface area (Å²) in [5, 5.41) is 2.05. The fourth-order valence-electron chi connectivity index (χ4n) is 0.939. The lowest BCUT2D eigenvalue weighted by atomic mass is 10.3. The largest absolute Gasteiger partial charge is 0.256 e. The van der Waals surface area contributed by atoms with Gasteiger partial charge < -0.3 is 0 Å². The quantitative estimate of drug-likeness (QED) is 0.713. The van der Waals surface area contributed by atoms with Crippen molar-refractivity contribution in [2.75, 3.05) is 4.72 Å². The molecule has 1 atom stereocenters. The van der Waals surface area contributed by atoms with E-state index in [-0.39, 0.29) is 10.7 Å². The van der Waals surface area contributed by atoms with Gasteiger partial charge in [-0.2, -0.15) is 4.72 Å². The summed E-state index contributed by atoms with van der Waals surface area (Å²) in [5.41, 5.74) is 3.05. The summed E-state index contributed by atoms with van der Waals surface area (Å²) in [6.45, 7) is 0. The normalized spacial score (nSPS) is 11.2. The van der Waals surface area contributed by atoms with Crippen LogP contribution in [0.4, 0.5) is 5.69 Å². The monoisotopic (exact) mass is 177 g/mol. The van der Waals surface area contributed by atoms with Crippen LogP contribution < -0.4 is 4.72 Å². The second-order valence-electron chi connectivity index (χ2n) is 2.38. The fourth-order valence-corrected chi connectivity index (χ4v) is 1.94. The van der Waals surface area contributed by atoms with Crippen LogP contribution in [0.5, 0.6) is 0 Å². The maximum atomic E-state index is 4.01. The maximum Gasteiger partial charge on any atom is 0.256 e. The van der Waals surface area contributed by atoms with E-state index in [0.717, 1.165) is 5.69 Å². The van der Waals surface area contributed by atoms with Crippen molar-refractivity contribution in [3.8, 4) is 0 Å². The molecule has 0 fully saturated rings. The minimum atomic E-state index is -0.000494. The molecule has 3 heteroatoms. The second-order valence-corrected chi connectivity index (χ2v) is 3.81. The first kappa shape index (κ1) is 7.31. The average Bonchev–Trinajstić information content (AvgIpc) is 2.59. The predicted octanol–water partition coefficient (Wildman–Crippen LogP) is 2.71. The molecule has 0 saturated carbocycles. The highest BCUT2D eigenvalue weighted by Gasteiger charge is 2.01. The number of rotatable bonds is 2. The van der Waals surface area contributed by atoms with Crippen LogP contribution in [0.15, 0.2) is 47.4 Å². The Balaban J connectivity index is 2.15. The van der Waals surface area contributed by atoms with Crippen molar-refractivity contribution in [3.63, 3.8) is 0 Å². The van der Waals surface area contributed by atoms with Gasteiger partial charge in [0.2, 0.25) is 0 Å². The summed E-state index contributed by atoms with van der Waals surface area (Å²) in [5.74, 6) is 0. The number of para-hydroxylation sites is 1. The lowest BCUT2D eigenvalue weighted by Gasteiger charge is -1.93. The number of hydrogen-bond acceptors (Lipinski definition) is 2. The molecule has 0 spiro atoms. The molecule has 0 aliphatic carbocycles. The first-order valence-electron chi connectivity index (χ1n) is 3.69. The zero-order valence-corrected chi connectivity index (χ0v) is 7.29. The molecule has 0 bridgehead atoms. The highest BCUT2D eigenvalue weighted by atomic mass is 32.2. The van der Waals surface area contributed by atoms with E-state index in [4.69, 9.17) is 0 Å². The third-order valence-electron chi connectivity index (χ3n) is 1.48. The Morgan fingerprint density at radius 1 is 1.17 bits per heavy atom. The Labute approximate surface area is 74.0 Å². The summed E-state index contributed by atoms with van der Waals surface area (Å²) >= 11 is 0. The molecule has 0 aliphatic rings. The van der Waals surface area contributed by atoms with Gasteiger partial charge in [-0.25, -0.2) is 4.98 Å². The maximum absolute atomic E-state index is 4.01. The van der Waals surface area contributed by atoms with Crippen molar-refractivity contribution in [3.05, 3.63) is 47.4 Å². The van der Waals surface area contributed by atoms with E-state index < -0.39 is 0 Å². The van der Waals surface area contributed by atoms with Gasteiger partial charge in [-0.15, -0.1) is 0 Å². The van der Waals surface area contributed by atoms with Gasteiger partial charge in [0.15, 0.2) is 5.38 Å². The van der Waals surface area contributed by atoms with E-state index in [1.54, 1.807) is 0 Å². The smallest absolute Gasteiger partial charge is 0.206 e. The Hall–Kier alpha value is -1.35. The number of nitrogens with one attached hydrogen (secondary N) is 1. The molecule has 1 N–H and O–H groups in total. The minimum absolute atomic E-state index is 0.000494. The molecule has 0 radical (unpaired) electrons. The summed E-state index contributed by atoms with van der Waals surface area (Å²) in [6, 6.07) is 10.1. The molecule has 1 heterocycles. The average molecular weight is 177 g/mol. The van der Waals surface area contributed by atoms with Crippen LogP contribution in [0.25, 0.3) is 0 Å². The first-order valence-corrected chi connectivity index (χ1v) is 5.04. The molecule has 2 nitrogen and oxygen atoms in total. The van der Waals surface area contributed by atoms with Gasteiger partial charge in [-0.05, 0) is 12.1 Å². The highest BCUT2D eigenvalue weighted by Crippen LogP contribution is 2.17. The van der Waals surface area contributed by atoms with Gasteiger partial charge in [0.25, 0.3) is 5.51 Å². The Morgan fingerprint density at radius 3 is 2.67 bits per heavy atom. The molecule has 1 unspecified atom stereocenters. The third-order valence-corrected chi connectivity index (χ3v) is 2.71. The van der Waals surface area contributed by atoms with Crippen LogP contribution in [0.1, 0.15) is 0 Å². The van der Waals surface area contributed by atoms with E-state index >= 15 is 0 Å². The lowest BCUT2D eigenvalue weighted by molar-refractivity contribution is 1.43. The molecule has 12 heavy (non-hydrogen) atoms. The van der Waals surface area contributed by atoms with Crippen molar-refractivity contribution >= 4 is 16.3 Å². The third kappa shape index (κ3) is 1.62. The van der Waals surface area contributed by atoms with Crippen molar-refractivity contribution in [1.29, 1.82) is 0 Å². The number of benzene rings is 1. The number of aromatic nitrogens is 1. The number of nitrogens with zero attached hydrogens (tertiary/aromatic N) is 1. The molecule has 2 rings (SSSR count). The van der Waals surface area contributed by atoms with E-state index in [1.165, 1.54) is 0 Å². The fraction of sp³-hybridized carbons (Fsp3) is 0. The highest BCUT2D eigenvalue weighted by molar-refractivity contribution is 7.30. The molecular weight excluding hydrogens is 168 g/mol. The van der Waals surface area contributed by atoms with Crippen LogP contribution >= 0.6 is 10.7 Å². The molecule has 0 amide bonds. The zero-order valence-electron chi connectivity index (χ0n) is 6.47. The molecule has 1 aromatic heterocycles. The molecule has 1 aromatic carbocycles. The Kier molecular flexibility index (Phi) is 2.05. The van der Waals surface area contributed by atoms with Crippen molar-refractivity contribution in [1.82, 2.24) is 4.98 Å². The Morgan fingerprint density at radius 2 is 2.00 bits per heavy atom. The topological polar surface area (TPSA) is 24.9 Å². The van der Waals surface area contributed by atoms with Gasteiger partial charge >= 0.3 is 0 Å². The SMILES string of the molecule is c1ccc(N[s+]2ccnc2)cc1. The summed E-state index contributed by atoms with van der Waals surface area (Å²) in [7, 11) is -0.000494. The molecule has 2 aromatic rings. The molecule has 0 aliphatic heterocycles. The van der Waals surface area contributed by atoms with Crippen LogP contribution in [0.2, 0.25) is 0 Å². The molecular formula is C9H9N2S+. The zero-order chi connectivity index (χ0) is 8.23. The van der Waals surface area contributed by atoms with Gasteiger partial charge in [0.1, 0.15) is 10.7 Å². The van der Waals surface area contributed by atoms with E-state index in [2.05, 4.69) is 9.71 Å². The van der Waals surface area contributed by atoms with E-state index in [1.807, 2.05) is 47.4 Å². The van der Waals surface area contributed by atoms with Crippen molar-refractivity contribution < 1.29 is 0 Å². The van der Waals surface area contributed by atoms with Crippen LogP contribution in [-0.4, -0.2) is 4.98 Å². The van der Waals surface area contributed by atoms with E-state index in [9.17, 15) is 0 Å². The van der Waals surface area contributed by atoms with Gasteiger partial charge in [0, 0.05) is 0 Å². The summed E-state index contributed by atoms with van der Waals surface area (Å²) < 4.78 is 3.33. The standard InChI is InChI=1S/C9H9N2S/c1-2-4-9(5-3-1)11-12-7-6-10-8-12/h1-8,11H/q+1. The van der Waals surface area contributed by atoms with Gasteiger partial charge in [-0.3, -0.25) is 0 Å². The number of anilines is 1. The van der Waals surface area contributed by atoms with Crippen molar-refractivity contribution in [2.45, 2.75) is 0 Å². The molecule has 60 valence electrons. The van der Waals surface area contributed by atoms with Crippen LogP contribution in [0.3, 0.4) is 0 Å². The lowest BCUT2D eigenvalue weighted by Crippen LogP contribution is -1.83. The minimum Gasteiger partial charge on any atom is -0.206 e. The van der Waals surface area contributed by atoms with Gasteiger partial charge in [0.05, 0.1) is 11.9 Å². The van der Waals surface area contributed by atoms with Crippen LogP contribution in [-0.2, 0) is 0 Å². The predicted molar refractivity (Wildman–Crippen MR) is 52.2 cm³/mol. The summed E-state index contributed by atoms with van der Waals surface area (Å²) in [6.07, 6.45) is 1.82. The Bertz CT molecular complexity index is 329. The van der Waals surface area contributed by atoms with Gasteiger partial charge in [-0.1, -0.05) is 18.2 Å². The number of thiazole rings is 1.